The number of rotatable bonds is 3. The maximum absolute atomic E-state index is 13.6. The van der Waals surface area contributed by atoms with E-state index in [1.807, 2.05) is 0 Å². The number of nitrogens with zero attached hydrogens (tertiary/aromatic N) is 1. The summed E-state index contributed by atoms with van der Waals surface area (Å²) in [5.41, 5.74) is -2.71. The van der Waals surface area contributed by atoms with E-state index >= 15 is 0 Å². The van der Waals surface area contributed by atoms with Gasteiger partial charge < -0.3 is 14.8 Å². The lowest BCUT2D eigenvalue weighted by atomic mass is 10.1. The Morgan fingerprint density at radius 3 is 2.41 bits per heavy atom. The molecule has 114 valence electrons. The summed E-state index contributed by atoms with van der Waals surface area (Å²) < 4.78 is 14.8. The fraction of sp³-hybridized carbons (Fsp3) is 0.214. The Morgan fingerprint density at radius 2 is 1.91 bits per heavy atom. The van der Waals surface area contributed by atoms with E-state index in [4.69, 9.17) is 16.7 Å². The highest BCUT2D eigenvalue weighted by molar-refractivity contribution is 6.31. The van der Waals surface area contributed by atoms with Crippen molar-refractivity contribution in [1.29, 1.82) is 0 Å². The molecule has 1 heterocycles. The smallest absolute Gasteiger partial charge is 0.341 e. The van der Waals surface area contributed by atoms with Crippen LogP contribution in [0, 0.1) is 5.82 Å². The number of pyridine rings is 1. The summed E-state index contributed by atoms with van der Waals surface area (Å²) in [5.74, 6) is -3.52. The van der Waals surface area contributed by atoms with Crippen molar-refractivity contribution in [2.45, 2.75) is 18.4 Å². The van der Waals surface area contributed by atoms with Gasteiger partial charge in [-0.05, 0) is 25.0 Å². The number of fused-ring (bicyclic) bond motifs is 1. The zero-order valence-electron chi connectivity index (χ0n) is 11.0. The number of benzene rings is 1. The average molecular weight is 326 g/mol. The third-order valence-electron chi connectivity index (χ3n) is 3.86. The molecule has 0 aliphatic heterocycles. The lowest BCUT2D eigenvalue weighted by Gasteiger charge is -2.19. The molecule has 1 aromatic carbocycles. The Kier molecular flexibility index (Phi) is 3.00. The molecule has 1 aliphatic carbocycles. The zero-order valence-corrected chi connectivity index (χ0v) is 11.7. The quantitative estimate of drug-likeness (QED) is 0.900. The molecule has 0 bridgehead atoms. The number of carbonyl (C=O) groups is 2. The first-order chi connectivity index (χ1) is 10.3. The molecule has 1 aliphatic rings. The molecule has 2 aromatic rings. The largest absolute Gasteiger partial charge is 0.479 e. The maximum Gasteiger partial charge on any atom is 0.341 e. The molecule has 0 saturated heterocycles. The van der Waals surface area contributed by atoms with Gasteiger partial charge in [-0.3, -0.25) is 4.79 Å². The predicted octanol–water partition coefficient (Wildman–Crippen LogP) is 2.07. The van der Waals surface area contributed by atoms with Crippen molar-refractivity contribution in [1.82, 2.24) is 4.57 Å². The van der Waals surface area contributed by atoms with Crippen LogP contribution in [0.1, 0.15) is 23.2 Å². The lowest BCUT2D eigenvalue weighted by Crippen LogP contribution is -2.31. The summed E-state index contributed by atoms with van der Waals surface area (Å²) >= 11 is 5.71. The first-order valence-corrected chi connectivity index (χ1v) is 6.67. The highest BCUT2D eigenvalue weighted by Gasteiger charge is 2.52. The van der Waals surface area contributed by atoms with Gasteiger partial charge in [0, 0.05) is 11.6 Å². The summed E-state index contributed by atoms with van der Waals surface area (Å²) in [7, 11) is 0. The van der Waals surface area contributed by atoms with Gasteiger partial charge in [0.1, 0.15) is 16.9 Å². The Hall–Kier alpha value is -2.41. The number of halogens is 2. The van der Waals surface area contributed by atoms with Crippen molar-refractivity contribution >= 4 is 34.4 Å². The Labute approximate surface area is 127 Å². The van der Waals surface area contributed by atoms with Crippen molar-refractivity contribution in [2.75, 3.05) is 0 Å². The number of carboxylic acids is 2. The maximum atomic E-state index is 13.6. The Bertz CT molecular complexity index is 900. The molecule has 1 saturated carbocycles. The molecule has 0 radical (unpaired) electrons. The fourth-order valence-corrected chi connectivity index (χ4v) is 2.66. The summed E-state index contributed by atoms with van der Waals surface area (Å²) in [6.45, 7) is 0. The van der Waals surface area contributed by atoms with Crippen LogP contribution in [0.15, 0.2) is 23.1 Å². The molecule has 6 nitrogen and oxygen atoms in total. The number of aliphatic carboxylic acids is 1. The molecule has 3 rings (SSSR count). The Balaban J connectivity index is 2.48. The van der Waals surface area contributed by atoms with Crippen LogP contribution < -0.4 is 5.43 Å². The van der Waals surface area contributed by atoms with E-state index in [1.54, 1.807) is 0 Å². The van der Waals surface area contributed by atoms with Crippen LogP contribution in [-0.4, -0.2) is 26.7 Å². The molecule has 1 fully saturated rings. The number of carboxylic acid groups (broad SMARTS) is 2. The van der Waals surface area contributed by atoms with Crippen molar-refractivity contribution < 1.29 is 24.2 Å². The summed E-state index contributed by atoms with van der Waals surface area (Å²) in [6, 6.07) is 1.98. The van der Waals surface area contributed by atoms with Crippen LogP contribution in [0.2, 0.25) is 5.02 Å². The topological polar surface area (TPSA) is 96.6 Å². The van der Waals surface area contributed by atoms with E-state index < -0.39 is 34.3 Å². The molecule has 1 aromatic heterocycles. The molecule has 0 amide bonds. The minimum absolute atomic E-state index is 0.0984. The number of hydrogen-bond donors (Lipinski definition) is 2. The molecule has 0 atom stereocenters. The van der Waals surface area contributed by atoms with Crippen molar-refractivity contribution in [2.24, 2.45) is 0 Å². The van der Waals surface area contributed by atoms with Gasteiger partial charge in [-0.15, -0.1) is 0 Å². The van der Waals surface area contributed by atoms with Gasteiger partial charge in [-0.2, -0.15) is 0 Å². The van der Waals surface area contributed by atoms with Gasteiger partial charge in [0.2, 0.25) is 5.43 Å². The second-order valence-corrected chi connectivity index (χ2v) is 5.57. The Morgan fingerprint density at radius 1 is 1.27 bits per heavy atom. The van der Waals surface area contributed by atoms with Gasteiger partial charge in [-0.1, -0.05) is 11.6 Å². The highest BCUT2D eigenvalue weighted by atomic mass is 35.5. The standard InChI is InChI=1S/C14H9ClFNO5/c15-8-4-10-6(3-9(8)16)11(18)7(12(19)20)5-17(10)14(1-2-14)13(21)22/h3-5H,1-2H2,(H,19,20)(H,21,22). The molecule has 22 heavy (non-hydrogen) atoms. The van der Waals surface area contributed by atoms with E-state index in [1.165, 1.54) is 4.57 Å². The van der Waals surface area contributed by atoms with Crippen LogP contribution in [0.3, 0.4) is 0 Å². The normalized spacial score (nSPS) is 15.7. The molecule has 8 heteroatoms. The molecular formula is C14H9ClFNO5. The number of aromatic carboxylic acids is 1. The monoisotopic (exact) mass is 325 g/mol. The average Bonchev–Trinajstić information content (AvgIpc) is 3.22. The lowest BCUT2D eigenvalue weighted by molar-refractivity contribution is -0.142. The zero-order chi connectivity index (χ0) is 16.2. The van der Waals surface area contributed by atoms with Gasteiger partial charge >= 0.3 is 11.9 Å². The summed E-state index contributed by atoms with van der Waals surface area (Å²) in [4.78, 5) is 34.8. The van der Waals surface area contributed by atoms with Crippen LogP contribution in [0.25, 0.3) is 10.9 Å². The first kappa shape index (κ1) is 14.5. The molecule has 0 spiro atoms. The predicted molar refractivity (Wildman–Crippen MR) is 75.0 cm³/mol. The third kappa shape index (κ3) is 1.89. The van der Waals surface area contributed by atoms with Crippen molar-refractivity contribution in [3.05, 3.63) is 45.0 Å². The van der Waals surface area contributed by atoms with E-state index in [2.05, 4.69) is 0 Å². The number of hydrogen-bond acceptors (Lipinski definition) is 3. The first-order valence-electron chi connectivity index (χ1n) is 6.29. The minimum atomic E-state index is -1.50. The van der Waals surface area contributed by atoms with Crippen LogP contribution >= 0.6 is 11.6 Å². The van der Waals surface area contributed by atoms with Crippen molar-refractivity contribution in [3.63, 3.8) is 0 Å². The number of aromatic nitrogens is 1. The summed E-state index contributed by atoms with van der Waals surface area (Å²) in [5, 5.41) is 18.0. The van der Waals surface area contributed by atoms with E-state index in [9.17, 15) is 23.9 Å². The van der Waals surface area contributed by atoms with Crippen molar-refractivity contribution in [3.8, 4) is 0 Å². The second kappa shape index (κ2) is 4.54. The van der Waals surface area contributed by atoms with Gasteiger partial charge in [0.25, 0.3) is 0 Å². The molecule has 2 N–H and O–H groups in total. The second-order valence-electron chi connectivity index (χ2n) is 5.17. The van der Waals surface area contributed by atoms with Crippen LogP contribution in [0.5, 0.6) is 0 Å². The van der Waals surface area contributed by atoms with E-state index in [-0.39, 0.29) is 28.8 Å². The van der Waals surface area contributed by atoms with E-state index in [0.29, 0.717) is 0 Å². The van der Waals surface area contributed by atoms with Crippen LogP contribution in [-0.2, 0) is 10.3 Å². The SMILES string of the molecule is O=C(O)c1cn(C2(C(=O)O)CC2)c2cc(Cl)c(F)cc2c1=O. The minimum Gasteiger partial charge on any atom is -0.479 e. The highest BCUT2D eigenvalue weighted by Crippen LogP contribution is 2.45. The third-order valence-corrected chi connectivity index (χ3v) is 4.15. The van der Waals surface area contributed by atoms with Gasteiger partial charge in [0.05, 0.1) is 10.5 Å². The molecular weight excluding hydrogens is 317 g/mol. The van der Waals surface area contributed by atoms with Gasteiger partial charge in [-0.25, -0.2) is 14.0 Å². The molecule has 0 unspecified atom stereocenters. The summed E-state index contributed by atoms with van der Waals surface area (Å²) in [6.07, 6.45) is 1.56. The fourth-order valence-electron chi connectivity index (χ4n) is 2.50. The van der Waals surface area contributed by atoms with E-state index in [0.717, 1.165) is 18.3 Å². The van der Waals surface area contributed by atoms with Crippen LogP contribution in [0.4, 0.5) is 4.39 Å². The van der Waals surface area contributed by atoms with Gasteiger partial charge in [0.15, 0.2) is 0 Å².